The van der Waals surface area contributed by atoms with E-state index in [1.807, 2.05) is 32.7 Å². The number of ether oxygens (including phenoxy) is 1. The zero-order valence-electron chi connectivity index (χ0n) is 23.3. The van der Waals surface area contributed by atoms with E-state index in [-0.39, 0.29) is 40.8 Å². The van der Waals surface area contributed by atoms with Crippen LogP contribution in [0.5, 0.6) is 0 Å². The van der Waals surface area contributed by atoms with Gasteiger partial charge in [-0.25, -0.2) is 4.79 Å². The standard InChI is InChI=1S/C30H47NO4/c1-25(2,3)35-24(34)31(8)23-12-14-29-18-30(29)16-15-27(6)19(20(33)17-32)11-13-28(27,7)22(30)10-9-21(29)26(23,4)5/h11,21-23,32H,9-10,12-18H2,1-8H3/t21-,22-,23-,27+,28-,29+,30-/m0/s1. The van der Waals surface area contributed by atoms with Crippen LogP contribution in [0.25, 0.3) is 0 Å². The third kappa shape index (κ3) is 3.09. The molecule has 0 heterocycles. The van der Waals surface area contributed by atoms with Gasteiger partial charge in [-0.3, -0.25) is 4.79 Å². The summed E-state index contributed by atoms with van der Waals surface area (Å²) in [6.45, 7) is 15.0. The first-order valence-electron chi connectivity index (χ1n) is 13.9. The molecule has 0 unspecified atom stereocenters. The monoisotopic (exact) mass is 485 g/mol. The van der Waals surface area contributed by atoms with E-state index < -0.39 is 5.60 Å². The predicted octanol–water partition coefficient (Wildman–Crippen LogP) is 6.14. The molecular formula is C30H47NO4. The lowest BCUT2D eigenvalue weighted by Gasteiger charge is -2.63. The molecule has 7 atom stereocenters. The molecule has 4 saturated carbocycles. The molecular weight excluding hydrogens is 438 g/mol. The van der Waals surface area contributed by atoms with Gasteiger partial charge in [-0.1, -0.05) is 33.8 Å². The summed E-state index contributed by atoms with van der Waals surface area (Å²) in [5.41, 5.74) is 1.17. The lowest BCUT2D eigenvalue weighted by molar-refractivity contribution is -0.141. The highest BCUT2D eigenvalue weighted by molar-refractivity contribution is 5.98. The Hall–Kier alpha value is -1.36. The minimum absolute atomic E-state index is 0.0337. The molecule has 0 aromatic carbocycles. The molecule has 5 rings (SSSR count). The lowest BCUT2D eigenvalue weighted by Crippen LogP contribution is -2.60. The van der Waals surface area contributed by atoms with Gasteiger partial charge in [0.05, 0.1) is 0 Å². The molecule has 0 bridgehead atoms. The number of carbonyl (C=O) groups excluding carboxylic acids is 2. The second-order valence-corrected chi connectivity index (χ2v) is 14.8. The van der Waals surface area contributed by atoms with Gasteiger partial charge in [-0.15, -0.1) is 0 Å². The minimum Gasteiger partial charge on any atom is -0.444 e. The maximum Gasteiger partial charge on any atom is 0.410 e. The normalized spacial score (nSPS) is 45.3. The average Bonchev–Trinajstić information content (AvgIpc) is 3.33. The van der Waals surface area contributed by atoms with Gasteiger partial charge in [0.25, 0.3) is 0 Å². The number of hydrogen-bond acceptors (Lipinski definition) is 4. The molecule has 1 amide bonds. The van der Waals surface area contributed by atoms with Gasteiger partial charge >= 0.3 is 6.09 Å². The van der Waals surface area contributed by atoms with Crippen LogP contribution in [-0.4, -0.2) is 47.2 Å². The van der Waals surface area contributed by atoms with Crippen molar-refractivity contribution in [3.05, 3.63) is 11.6 Å². The number of aliphatic hydroxyl groups excluding tert-OH is 1. The van der Waals surface area contributed by atoms with Crippen LogP contribution in [0, 0.1) is 38.9 Å². The summed E-state index contributed by atoms with van der Waals surface area (Å²) in [7, 11) is 1.93. The summed E-state index contributed by atoms with van der Waals surface area (Å²) in [6, 6.07) is 0.188. The Kier molecular flexibility index (Phi) is 5.32. The summed E-state index contributed by atoms with van der Waals surface area (Å²) in [5, 5.41) is 9.63. The summed E-state index contributed by atoms with van der Waals surface area (Å²) >= 11 is 0. The Morgan fingerprint density at radius 1 is 1.03 bits per heavy atom. The van der Waals surface area contributed by atoms with E-state index >= 15 is 0 Å². The third-order valence-corrected chi connectivity index (χ3v) is 12.2. The number of fused-ring (bicyclic) bond motifs is 2. The lowest BCUT2D eigenvalue weighted by atomic mass is 9.42. The molecule has 35 heavy (non-hydrogen) atoms. The number of rotatable bonds is 3. The number of nitrogens with zero attached hydrogens (tertiary/aromatic N) is 1. The Balaban J connectivity index is 1.41. The maximum absolute atomic E-state index is 13.0. The predicted molar refractivity (Wildman–Crippen MR) is 137 cm³/mol. The molecule has 4 fully saturated rings. The quantitative estimate of drug-likeness (QED) is 0.521. The molecule has 2 spiro atoms. The number of ketones is 1. The van der Waals surface area contributed by atoms with Gasteiger partial charge in [-0.05, 0) is 106 Å². The summed E-state index contributed by atoms with van der Waals surface area (Å²) in [5.74, 6) is 1.16. The number of Topliss-reactive ketones (excluding diaryl/α,β-unsaturated/α-hetero) is 1. The molecule has 1 N–H and O–H groups in total. The first-order chi connectivity index (χ1) is 16.1. The smallest absolute Gasteiger partial charge is 0.410 e. The van der Waals surface area contributed by atoms with Gasteiger partial charge in [0.15, 0.2) is 5.78 Å². The number of amides is 1. The molecule has 0 aromatic heterocycles. The number of aliphatic hydroxyl groups is 1. The van der Waals surface area contributed by atoms with Crippen molar-refractivity contribution in [3.63, 3.8) is 0 Å². The van der Waals surface area contributed by atoms with Gasteiger partial charge in [0, 0.05) is 24.1 Å². The van der Waals surface area contributed by atoms with Crippen molar-refractivity contribution < 1.29 is 19.4 Å². The van der Waals surface area contributed by atoms with Crippen molar-refractivity contribution in [3.8, 4) is 0 Å². The van der Waals surface area contributed by atoms with Crippen LogP contribution < -0.4 is 0 Å². The Bertz CT molecular complexity index is 977. The second-order valence-electron chi connectivity index (χ2n) is 14.8. The van der Waals surface area contributed by atoms with E-state index in [2.05, 4.69) is 33.8 Å². The molecule has 196 valence electrons. The summed E-state index contributed by atoms with van der Waals surface area (Å²) < 4.78 is 5.75. The third-order valence-electron chi connectivity index (χ3n) is 12.2. The molecule has 0 aromatic rings. The van der Waals surface area contributed by atoms with E-state index in [0.717, 1.165) is 24.8 Å². The molecule has 5 aliphatic rings. The molecule has 0 radical (unpaired) electrons. The van der Waals surface area contributed by atoms with Crippen LogP contribution in [0.3, 0.4) is 0 Å². The number of allylic oxidation sites excluding steroid dienone is 1. The topological polar surface area (TPSA) is 66.8 Å². The molecule has 5 nitrogen and oxygen atoms in total. The molecule has 5 aliphatic carbocycles. The Labute approximate surface area is 212 Å². The Morgan fingerprint density at radius 3 is 2.29 bits per heavy atom. The van der Waals surface area contributed by atoms with E-state index in [9.17, 15) is 14.7 Å². The van der Waals surface area contributed by atoms with Crippen LogP contribution in [0.2, 0.25) is 0 Å². The van der Waals surface area contributed by atoms with Crippen LogP contribution in [-0.2, 0) is 9.53 Å². The van der Waals surface area contributed by atoms with E-state index in [1.54, 1.807) is 0 Å². The van der Waals surface area contributed by atoms with E-state index in [1.165, 1.54) is 32.1 Å². The fraction of sp³-hybridized carbons (Fsp3) is 0.867. The molecule has 5 heteroatoms. The average molecular weight is 486 g/mol. The molecule has 0 saturated heterocycles. The maximum atomic E-state index is 13.0. The van der Waals surface area contributed by atoms with Crippen molar-refractivity contribution in [2.24, 2.45) is 38.9 Å². The first-order valence-corrected chi connectivity index (χ1v) is 13.9. The summed E-state index contributed by atoms with van der Waals surface area (Å²) in [6.07, 6.45) is 11.1. The molecule has 0 aliphatic heterocycles. The van der Waals surface area contributed by atoms with Gasteiger partial charge in [0.1, 0.15) is 12.2 Å². The number of carbonyl (C=O) groups is 2. The van der Waals surface area contributed by atoms with Crippen molar-refractivity contribution >= 4 is 11.9 Å². The Morgan fingerprint density at radius 2 is 1.66 bits per heavy atom. The highest BCUT2D eigenvalue weighted by atomic mass is 16.6. The number of hydrogen-bond donors (Lipinski definition) is 1. The fourth-order valence-corrected chi connectivity index (χ4v) is 10.5. The van der Waals surface area contributed by atoms with Crippen LogP contribution in [0.15, 0.2) is 11.6 Å². The van der Waals surface area contributed by atoms with Crippen LogP contribution in [0.4, 0.5) is 4.79 Å². The first kappa shape index (κ1) is 25.3. The highest BCUT2D eigenvalue weighted by Gasteiger charge is 2.82. The van der Waals surface area contributed by atoms with Gasteiger partial charge in [-0.2, -0.15) is 0 Å². The van der Waals surface area contributed by atoms with Crippen molar-refractivity contribution in [1.29, 1.82) is 0 Å². The zero-order valence-corrected chi connectivity index (χ0v) is 23.3. The second kappa shape index (κ2) is 7.36. The summed E-state index contributed by atoms with van der Waals surface area (Å²) in [4.78, 5) is 27.5. The van der Waals surface area contributed by atoms with Gasteiger partial charge in [0.2, 0.25) is 0 Å². The SMILES string of the molecule is CN(C(=O)OC(C)(C)C)[C@H]1CC[C@]23C[C@]24CC[C@]2(C)C(C(=O)CO)=CC[C@@]2(C)[C@@H]4CC[C@H]3C1(C)C. The van der Waals surface area contributed by atoms with Crippen LogP contribution in [0.1, 0.15) is 99.8 Å². The van der Waals surface area contributed by atoms with Crippen molar-refractivity contribution in [2.75, 3.05) is 13.7 Å². The van der Waals surface area contributed by atoms with Crippen molar-refractivity contribution in [2.45, 2.75) is 111 Å². The van der Waals surface area contributed by atoms with E-state index in [0.29, 0.717) is 22.7 Å². The largest absolute Gasteiger partial charge is 0.444 e. The minimum atomic E-state index is -0.486. The highest BCUT2D eigenvalue weighted by Crippen LogP contribution is 2.88. The van der Waals surface area contributed by atoms with Gasteiger partial charge < -0.3 is 14.7 Å². The van der Waals surface area contributed by atoms with E-state index in [4.69, 9.17) is 4.74 Å². The fourth-order valence-electron chi connectivity index (χ4n) is 10.5. The van der Waals surface area contributed by atoms with Crippen LogP contribution >= 0.6 is 0 Å². The zero-order chi connectivity index (χ0) is 25.8. The van der Waals surface area contributed by atoms with Crippen molar-refractivity contribution in [1.82, 2.24) is 4.90 Å².